The Labute approximate surface area is 88.3 Å². The van der Waals surface area contributed by atoms with Crippen LogP contribution in [0.25, 0.3) is 0 Å². The predicted molar refractivity (Wildman–Crippen MR) is 56.7 cm³/mol. The molecule has 0 bridgehead atoms. The first kappa shape index (κ1) is 11.9. The highest BCUT2D eigenvalue weighted by Gasteiger charge is 2.11. The van der Waals surface area contributed by atoms with E-state index in [1.165, 1.54) is 12.1 Å². The molecule has 0 fully saturated rings. The van der Waals surface area contributed by atoms with Gasteiger partial charge in [-0.15, -0.1) is 0 Å². The van der Waals surface area contributed by atoms with Gasteiger partial charge in [0.2, 0.25) is 0 Å². The van der Waals surface area contributed by atoms with Crippen LogP contribution in [-0.4, -0.2) is 20.7 Å². The van der Waals surface area contributed by atoms with Gasteiger partial charge in [-0.05, 0) is 18.2 Å². The summed E-state index contributed by atoms with van der Waals surface area (Å²) in [4.78, 5) is 0.186. The molecule has 0 heterocycles. The molecule has 0 aliphatic carbocycles. The summed E-state index contributed by atoms with van der Waals surface area (Å²) in [6.07, 6.45) is 0.988. The Morgan fingerprint density at radius 1 is 1.33 bits per heavy atom. The molecule has 0 atom stereocenters. The molecule has 2 N–H and O–H groups in total. The van der Waals surface area contributed by atoms with Crippen molar-refractivity contribution in [3.8, 4) is 0 Å². The SMILES string of the molecule is NCC(F)=CCS(=O)(=O)c1ccccc1. The van der Waals surface area contributed by atoms with E-state index in [0.29, 0.717) is 0 Å². The average molecular weight is 229 g/mol. The van der Waals surface area contributed by atoms with E-state index in [-0.39, 0.29) is 17.2 Å². The molecule has 0 amide bonds. The number of halogens is 1. The molecule has 0 saturated heterocycles. The van der Waals surface area contributed by atoms with Crippen LogP contribution in [0.1, 0.15) is 0 Å². The molecule has 0 saturated carbocycles. The second-order valence-corrected chi connectivity index (χ2v) is 4.98. The minimum Gasteiger partial charge on any atom is -0.325 e. The molecule has 1 rings (SSSR count). The zero-order chi connectivity index (χ0) is 11.3. The van der Waals surface area contributed by atoms with E-state index >= 15 is 0 Å². The van der Waals surface area contributed by atoms with Crippen LogP contribution in [0.4, 0.5) is 4.39 Å². The summed E-state index contributed by atoms with van der Waals surface area (Å²) in [6, 6.07) is 7.91. The molecule has 0 aliphatic heterocycles. The molecule has 82 valence electrons. The Bertz CT molecular complexity index is 440. The maximum Gasteiger partial charge on any atom is 0.182 e. The predicted octanol–water partition coefficient (Wildman–Crippen LogP) is 1.27. The van der Waals surface area contributed by atoms with Gasteiger partial charge in [0.25, 0.3) is 0 Å². The van der Waals surface area contributed by atoms with E-state index in [2.05, 4.69) is 0 Å². The van der Waals surface area contributed by atoms with Crippen LogP contribution in [0.15, 0.2) is 47.1 Å². The first-order chi connectivity index (χ1) is 7.06. The summed E-state index contributed by atoms with van der Waals surface area (Å²) in [5, 5.41) is 0. The summed E-state index contributed by atoms with van der Waals surface area (Å²) in [6.45, 7) is -0.274. The van der Waals surface area contributed by atoms with Crippen molar-refractivity contribution in [3.05, 3.63) is 42.2 Å². The van der Waals surface area contributed by atoms with Gasteiger partial charge >= 0.3 is 0 Å². The summed E-state index contributed by atoms with van der Waals surface area (Å²) in [7, 11) is -3.44. The Hall–Kier alpha value is -1.20. The van der Waals surface area contributed by atoms with Crippen LogP contribution in [0, 0.1) is 0 Å². The molecule has 1 aromatic carbocycles. The molecule has 0 aliphatic rings. The lowest BCUT2D eigenvalue weighted by Crippen LogP contribution is -2.06. The van der Waals surface area contributed by atoms with Crippen molar-refractivity contribution in [2.75, 3.05) is 12.3 Å². The summed E-state index contributed by atoms with van der Waals surface area (Å²) < 4.78 is 35.9. The maximum absolute atomic E-state index is 12.6. The van der Waals surface area contributed by atoms with Crippen molar-refractivity contribution >= 4 is 9.84 Å². The Morgan fingerprint density at radius 2 is 1.93 bits per heavy atom. The fourth-order valence-corrected chi connectivity index (χ4v) is 2.17. The monoisotopic (exact) mass is 229 g/mol. The van der Waals surface area contributed by atoms with Gasteiger partial charge in [0, 0.05) is 6.54 Å². The second-order valence-electron chi connectivity index (χ2n) is 2.95. The highest BCUT2D eigenvalue weighted by molar-refractivity contribution is 7.91. The lowest BCUT2D eigenvalue weighted by molar-refractivity contribution is 0.594. The molecular weight excluding hydrogens is 217 g/mol. The molecule has 15 heavy (non-hydrogen) atoms. The van der Waals surface area contributed by atoms with Gasteiger partial charge in [0.15, 0.2) is 9.84 Å². The van der Waals surface area contributed by atoms with Crippen molar-refractivity contribution in [1.82, 2.24) is 0 Å². The van der Waals surface area contributed by atoms with Gasteiger partial charge in [-0.25, -0.2) is 12.8 Å². The van der Waals surface area contributed by atoms with Crippen LogP contribution in [0.5, 0.6) is 0 Å². The van der Waals surface area contributed by atoms with Crippen LogP contribution >= 0.6 is 0 Å². The van der Waals surface area contributed by atoms with Crippen LogP contribution < -0.4 is 5.73 Å². The van der Waals surface area contributed by atoms with E-state index in [0.717, 1.165) is 6.08 Å². The minimum absolute atomic E-state index is 0.186. The van der Waals surface area contributed by atoms with Gasteiger partial charge in [-0.3, -0.25) is 0 Å². The molecule has 0 aromatic heterocycles. The van der Waals surface area contributed by atoms with Gasteiger partial charge in [-0.1, -0.05) is 18.2 Å². The highest BCUT2D eigenvalue weighted by Crippen LogP contribution is 2.10. The topological polar surface area (TPSA) is 60.2 Å². The zero-order valence-electron chi connectivity index (χ0n) is 8.06. The molecule has 0 unspecified atom stereocenters. The number of benzene rings is 1. The third-order valence-electron chi connectivity index (χ3n) is 1.82. The van der Waals surface area contributed by atoms with Crippen molar-refractivity contribution in [1.29, 1.82) is 0 Å². The molecule has 0 spiro atoms. The van der Waals surface area contributed by atoms with Crippen LogP contribution in [0.2, 0.25) is 0 Å². The lowest BCUT2D eigenvalue weighted by atomic mass is 10.4. The normalized spacial score (nSPS) is 12.8. The Kier molecular flexibility index (Phi) is 3.99. The van der Waals surface area contributed by atoms with E-state index < -0.39 is 15.7 Å². The van der Waals surface area contributed by atoms with E-state index in [1.807, 2.05) is 0 Å². The molecular formula is C10H12FNO2S. The standard InChI is InChI=1S/C10H12FNO2S/c11-9(8-12)6-7-15(13,14)10-4-2-1-3-5-10/h1-6H,7-8,12H2. The maximum atomic E-state index is 12.6. The third-order valence-corrected chi connectivity index (χ3v) is 3.42. The number of nitrogens with two attached hydrogens (primary N) is 1. The van der Waals surface area contributed by atoms with Crippen molar-refractivity contribution in [3.63, 3.8) is 0 Å². The van der Waals surface area contributed by atoms with Crippen molar-refractivity contribution in [2.24, 2.45) is 5.73 Å². The first-order valence-electron chi connectivity index (χ1n) is 4.38. The number of rotatable bonds is 4. The smallest absolute Gasteiger partial charge is 0.182 e. The van der Waals surface area contributed by atoms with Gasteiger partial charge in [0.1, 0.15) is 5.83 Å². The third kappa shape index (κ3) is 3.45. The van der Waals surface area contributed by atoms with E-state index in [9.17, 15) is 12.8 Å². The number of sulfone groups is 1. The average Bonchev–Trinajstić information content (AvgIpc) is 2.27. The minimum atomic E-state index is -3.44. The summed E-state index contributed by atoms with van der Waals surface area (Å²) in [5.41, 5.74) is 5.00. The molecule has 1 aromatic rings. The first-order valence-corrected chi connectivity index (χ1v) is 6.04. The number of hydrogen-bond acceptors (Lipinski definition) is 3. The summed E-state index contributed by atoms with van der Waals surface area (Å²) >= 11 is 0. The van der Waals surface area contributed by atoms with Gasteiger partial charge in [-0.2, -0.15) is 0 Å². The van der Waals surface area contributed by atoms with Crippen LogP contribution in [-0.2, 0) is 9.84 Å². The van der Waals surface area contributed by atoms with E-state index in [1.54, 1.807) is 18.2 Å². The van der Waals surface area contributed by atoms with Crippen molar-refractivity contribution < 1.29 is 12.8 Å². The Morgan fingerprint density at radius 3 is 2.47 bits per heavy atom. The fraction of sp³-hybridized carbons (Fsp3) is 0.200. The summed E-state index contributed by atoms with van der Waals surface area (Å²) in [5.74, 6) is -0.977. The second kappa shape index (κ2) is 5.04. The van der Waals surface area contributed by atoms with E-state index in [4.69, 9.17) is 5.73 Å². The molecule has 5 heteroatoms. The Balaban J connectivity index is 2.87. The molecule has 3 nitrogen and oxygen atoms in total. The van der Waals surface area contributed by atoms with Crippen molar-refractivity contribution in [2.45, 2.75) is 4.90 Å². The lowest BCUT2D eigenvalue weighted by Gasteiger charge is -2.00. The van der Waals surface area contributed by atoms with Gasteiger partial charge < -0.3 is 5.73 Å². The fourth-order valence-electron chi connectivity index (χ4n) is 1.01. The zero-order valence-corrected chi connectivity index (χ0v) is 8.87. The largest absolute Gasteiger partial charge is 0.325 e. The molecule has 0 radical (unpaired) electrons. The quantitative estimate of drug-likeness (QED) is 0.845. The van der Waals surface area contributed by atoms with Gasteiger partial charge in [0.05, 0.1) is 10.6 Å². The number of hydrogen-bond donors (Lipinski definition) is 1. The van der Waals surface area contributed by atoms with Crippen LogP contribution in [0.3, 0.4) is 0 Å². The highest BCUT2D eigenvalue weighted by atomic mass is 32.2.